The number of alkyl halides is 3. The van der Waals surface area contributed by atoms with Gasteiger partial charge in [-0.05, 0) is 49.8 Å². The third-order valence-corrected chi connectivity index (χ3v) is 7.84. The number of benzene rings is 3. The summed E-state index contributed by atoms with van der Waals surface area (Å²) in [4.78, 5) is 25.9. The van der Waals surface area contributed by atoms with Crippen LogP contribution >= 0.6 is 0 Å². The summed E-state index contributed by atoms with van der Waals surface area (Å²) in [5.41, 5.74) is 7.91. The Bertz CT molecular complexity index is 1570. The number of amides is 1. The molecular weight excluding hydrogens is 559 g/mol. The van der Waals surface area contributed by atoms with Gasteiger partial charge in [0, 0.05) is 42.7 Å². The van der Waals surface area contributed by atoms with Crippen LogP contribution in [0.3, 0.4) is 0 Å². The molecule has 43 heavy (non-hydrogen) atoms. The van der Waals surface area contributed by atoms with Crippen LogP contribution in [0.2, 0.25) is 0 Å². The lowest BCUT2D eigenvalue weighted by Gasteiger charge is -2.42. The summed E-state index contributed by atoms with van der Waals surface area (Å²) in [7, 11) is 5.79. The quantitative estimate of drug-likeness (QED) is 0.246. The highest BCUT2D eigenvalue weighted by atomic mass is 19.4. The van der Waals surface area contributed by atoms with Crippen LogP contribution in [0, 0.1) is 0 Å². The molecule has 0 aliphatic carbocycles. The van der Waals surface area contributed by atoms with Crippen LogP contribution in [0.1, 0.15) is 29.0 Å². The van der Waals surface area contributed by atoms with E-state index in [0.29, 0.717) is 46.5 Å². The Morgan fingerprint density at radius 3 is 2.26 bits per heavy atom. The van der Waals surface area contributed by atoms with E-state index in [4.69, 9.17) is 15.2 Å². The van der Waals surface area contributed by atoms with Crippen molar-refractivity contribution in [3.63, 3.8) is 0 Å². The first-order valence-electron chi connectivity index (χ1n) is 14.0. The third kappa shape index (κ3) is 6.73. The number of likely N-dealkylation sites (tertiary alicyclic amines) is 1. The standard InChI is InChI=1S/C32H34F3N5O3/c1-39(2)24-17-40(18-24)13-4-14-43-28-15-25-26(16-27(28)42-3)37-19-38-30(25)22-7-5-20(6-8-22)29(31(36)41)21-9-11-23(12-10-21)32(33,34)35/h5-12,15-16,19,24,29H,4,13-14,17-18H2,1-3H3,(H2,36,41). The minimum absolute atomic E-state index is 0.376. The minimum Gasteiger partial charge on any atom is -0.493 e. The monoisotopic (exact) mass is 593 g/mol. The fraction of sp³-hybridized carbons (Fsp3) is 0.344. The van der Waals surface area contributed by atoms with Crippen molar-refractivity contribution >= 4 is 16.8 Å². The van der Waals surface area contributed by atoms with Crippen LogP contribution in [0.4, 0.5) is 13.2 Å². The maximum absolute atomic E-state index is 13.0. The van der Waals surface area contributed by atoms with Crippen molar-refractivity contribution in [2.75, 3.05) is 47.4 Å². The molecule has 1 aliphatic rings. The predicted molar refractivity (Wildman–Crippen MR) is 158 cm³/mol. The fourth-order valence-corrected chi connectivity index (χ4v) is 5.31. The van der Waals surface area contributed by atoms with Crippen molar-refractivity contribution < 1.29 is 27.4 Å². The molecule has 1 unspecified atom stereocenters. The van der Waals surface area contributed by atoms with E-state index >= 15 is 0 Å². The van der Waals surface area contributed by atoms with Crippen LogP contribution in [0.25, 0.3) is 22.2 Å². The molecule has 8 nitrogen and oxygen atoms in total. The Balaban J connectivity index is 1.35. The molecule has 5 rings (SSSR count). The van der Waals surface area contributed by atoms with E-state index < -0.39 is 23.6 Å². The van der Waals surface area contributed by atoms with Crippen LogP contribution in [0.15, 0.2) is 67.0 Å². The Morgan fingerprint density at radius 2 is 1.67 bits per heavy atom. The molecule has 1 fully saturated rings. The maximum atomic E-state index is 13.0. The number of nitrogens with zero attached hydrogens (tertiary/aromatic N) is 4. The average molecular weight is 594 g/mol. The molecular formula is C32H34F3N5O3. The summed E-state index contributed by atoms with van der Waals surface area (Å²) in [6.45, 7) is 3.62. The topological polar surface area (TPSA) is 93.8 Å². The number of hydrogen-bond acceptors (Lipinski definition) is 7. The van der Waals surface area contributed by atoms with Crippen LogP contribution < -0.4 is 15.2 Å². The highest BCUT2D eigenvalue weighted by Gasteiger charge is 2.31. The average Bonchev–Trinajstić information content (AvgIpc) is 2.95. The molecule has 2 heterocycles. The van der Waals surface area contributed by atoms with E-state index in [0.717, 1.165) is 49.1 Å². The number of fused-ring (bicyclic) bond motifs is 1. The summed E-state index contributed by atoms with van der Waals surface area (Å²) in [6.07, 6.45) is -2.13. The van der Waals surface area contributed by atoms with Crippen molar-refractivity contribution in [1.29, 1.82) is 0 Å². The molecule has 1 atom stereocenters. The summed E-state index contributed by atoms with van der Waals surface area (Å²) >= 11 is 0. The number of primary amides is 1. The SMILES string of the molecule is COc1cc2ncnc(-c3ccc(C(C(N)=O)c4ccc(C(F)(F)F)cc4)cc3)c2cc1OCCCN1CC(N(C)C)C1. The number of carbonyl (C=O) groups is 1. The summed E-state index contributed by atoms with van der Waals surface area (Å²) in [6, 6.07) is 15.8. The van der Waals surface area contributed by atoms with E-state index in [2.05, 4.69) is 33.9 Å². The first kappa shape index (κ1) is 30.2. The summed E-state index contributed by atoms with van der Waals surface area (Å²) in [5.74, 6) is -0.410. The van der Waals surface area contributed by atoms with Gasteiger partial charge in [-0.25, -0.2) is 9.97 Å². The zero-order chi connectivity index (χ0) is 30.7. The van der Waals surface area contributed by atoms with E-state index in [1.807, 2.05) is 12.1 Å². The van der Waals surface area contributed by atoms with E-state index in [-0.39, 0.29) is 0 Å². The molecule has 226 valence electrons. The lowest BCUT2D eigenvalue weighted by atomic mass is 9.89. The highest BCUT2D eigenvalue weighted by molar-refractivity contribution is 5.94. The van der Waals surface area contributed by atoms with Gasteiger partial charge in [0.1, 0.15) is 6.33 Å². The molecule has 3 aromatic carbocycles. The molecule has 1 amide bonds. The molecule has 11 heteroatoms. The van der Waals surface area contributed by atoms with Crippen LogP contribution in [0.5, 0.6) is 11.5 Å². The lowest BCUT2D eigenvalue weighted by Crippen LogP contribution is -2.57. The Kier molecular flexibility index (Phi) is 8.84. The number of nitrogens with two attached hydrogens (primary N) is 1. The van der Waals surface area contributed by atoms with Crippen molar-refractivity contribution in [3.8, 4) is 22.8 Å². The van der Waals surface area contributed by atoms with Gasteiger partial charge in [0.05, 0.1) is 36.4 Å². The van der Waals surface area contributed by atoms with E-state index in [1.54, 1.807) is 31.4 Å². The molecule has 2 N–H and O–H groups in total. The van der Waals surface area contributed by atoms with E-state index in [9.17, 15) is 18.0 Å². The Morgan fingerprint density at radius 1 is 1.02 bits per heavy atom. The zero-order valence-corrected chi connectivity index (χ0v) is 24.3. The normalized spacial score (nSPS) is 15.0. The van der Waals surface area contributed by atoms with Crippen LogP contribution in [-0.4, -0.2) is 79.2 Å². The van der Waals surface area contributed by atoms with Gasteiger partial charge in [-0.15, -0.1) is 0 Å². The van der Waals surface area contributed by atoms with Gasteiger partial charge < -0.3 is 20.1 Å². The molecule has 0 radical (unpaired) electrons. The van der Waals surface area contributed by atoms with Gasteiger partial charge in [0.25, 0.3) is 0 Å². The molecule has 4 aromatic rings. The zero-order valence-electron chi connectivity index (χ0n) is 24.3. The number of halogens is 3. The third-order valence-electron chi connectivity index (χ3n) is 7.84. The second-order valence-electron chi connectivity index (χ2n) is 10.9. The van der Waals surface area contributed by atoms with Crippen LogP contribution in [-0.2, 0) is 11.0 Å². The molecule has 1 aliphatic heterocycles. The van der Waals surface area contributed by atoms with Gasteiger partial charge in [0.2, 0.25) is 5.91 Å². The number of likely N-dealkylation sites (N-methyl/N-ethyl adjacent to an activating group) is 1. The number of methoxy groups -OCH3 is 1. The van der Waals surface area contributed by atoms with Gasteiger partial charge >= 0.3 is 6.18 Å². The first-order valence-corrected chi connectivity index (χ1v) is 14.0. The number of ether oxygens (including phenoxy) is 2. The first-order chi connectivity index (χ1) is 20.5. The lowest BCUT2D eigenvalue weighted by molar-refractivity contribution is -0.137. The molecule has 1 aromatic heterocycles. The van der Waals surface area contributed by atoms with Gasteiger partial charge in [-0.3, -0.25) is 9.69 Å². The maximum Gasteiger partial charge on any atom is 0.416 e. The highest BCUT2D eigenvalue weighted by Crippen LogP contribution is 2.37. The fourth-order valence-electron chi connectivity index (χ4n) is 5.31. The van der Waals surface area contributed by atoms with Crippen molar-refractivity contribution in [1.82, 2.24) is 19.8 Å². The van der Waals surface area contributed by atoms with Crippen molar-refractivity contribution in [3.05, 3.63) is 83.7 Å². The molecule has 0 spiro atoms. The summed E-state index contributed by atoms with van der Waals surface area (Å²) in [5, 5.41) is 0.761. The number of rotatable bonds is 11. The van der Waals surface area contributed by atoms with Crippen molar-refractivity contribution in [2.24, 2.45) is 5.73 Å². The smallest absolute Gasteiger partial charge is 0.416 e. The second kappa shape index (κ2) is 12.6. The predicted octanol–water partition coefficient (Wildman–Crippen LogP) is 4.96. The Hall–Kier alpha value is -4.22. The molecule has 1 saturated heterocycles. The van der Waals surface area contributed by atoms with Gasteiger partial charge in [0.15, 0.2) is 11.5 Å². The number of aromatic nitrogens is 2. The number of hydrogen-bond donors (Lipinski definition) is 1. The summed E-state index contributed by atoms with van der Waals surface area (Å²) < 4.78 is 50.8. The van der Waals surface area contributed by atoms with Gasteiger partial charge in [-0.1, -0.05) is 36.4 Å². The van der Waals surface area contributed by atoms with Crippen molar-refractivity contribution in [2.45, 2.75) is 24.6 Å². The Labute approximate surface area is 248 Å². The van der Waals surface area contributed by atoms with E-state index in [1.165, 1.54) is 18.5 Å². The second-order valence-corrected chi connectivity index (χ2v) is 10.9. The minimum atomic E-state index is -4.47. The van der Waals surface area contributed by atoms with Gasteiger partial charge in [-0.2, -0.15) is 13.2 Å². The molecule has 0 saturated carbocycles. The largest absolute Gasteiger partial charge is 0.493 e. The molecule has 0 bridgehead atoms. The number of carbonyl (C=O) groups excluding carboxylic acids is 1.